The molecule has 0 spiro atoms. The Bertz CT molecular complexity index is 308. The molecule has 0 radical (unpaired) electrons. The van der Waals surface area contributed by atoms with Gasteiger partial charge in [-0.25, -0.2) is 0 Å². The van der Waals surface area contributed by atoms with E-state index in [9.17, 15) is 0 Å². The highest BCUT2D eigenvalue weighted by Crippen LogP contribution is 2.31. The zero-order valence-corrected chi connectivity index (χ0v) is 11.7. The summed E-state index contributed by atoms with van der Waals surface area (Å²) in [5, 5.41) is 4.38. The van der Waals surface area contributed by atoms with Gasteiger partial charge in [0, 0.05) is 11.6 Å². The van der Waals surface area contributed by atoms with Crippen molar-refractivity contribution in [3.8, 4) is 5.75 Å². The van der Waals surface area contributed by atoms with Crippen molar-refractivity contribution in [1.82, 2.24) is 5.32 Å². The predicted octanol–water partition coefficient (Wildman–Crippen LogP) is 3.71. The molecule has 0 fully saturated rings. The molecule has 1 aromatic rings. The maximum absolute atomic E-state index is 6.02. The Labute approximate surface area is 113 Å². The monoisotopic (exact) mass is 283 g/mol. The van der Waals surface area contributed by atoms with E-state index in [1.165, 1.54) is 0 Å². The summed E-state index contributed by atoms with van der Waals surface area (Å²) in [5.41, 5.74) is 0.962. The lowest BCUT2D eigenvalue weighted by Gasteiger charge is -2.11. The number of likely N-dealkylation sites (N-methyl/N-ethyl adjacent to an activating group) is 1. The third-order valence-electron chi connectivity index (χ3n) is 1.97. The molecular formula is C11H16Cl3NO. The topological polar surface area (TPSA) is 21.3 Å². The summed E-state index contributed by atoms with van der Waals surface area (Å²) in [5.74, 6) is 0.721. The van der Waals surface area contributed by atoms with E-state index in [2.05, 4.69) is 12.2 Å². The van der Waals surface area contributed by atoms with Gasteiger partial charge in [0.15, 0.2) is 0 Å². The molecule has 5 heteroatoms. The minimum Gasteiger partial charge on any atom is -0.490 e. The first-order chi connectivity index (χ1) is 7.15. The molecule has 0 amide bonds. The van der Waals surface area contributed by atoms with Gasteiger partial charge in [-0.1, -0.05) is 30.1 Å². The summed E-state index contributed by atoms with van der Waals surface area (Å²) in [6.45, 7) is 6.35. The molecule has 0 saturated carbocycles. The van der Waals surface area contributed by atoms with Crippen molar-refractivity contribution in [2.24, 2.45) is 0 Å². The van der Waals surface area contributed by atoms with Crippen molar-refractivity contribution < 1.29 is 4.74 Å². The molecule has 0 heterocycles. The zero-order chi connectivity index (χ0) is 11.3. The second kappa shape index (κ2) is 8.02. The van der Waals surface area contributed by atoms with Crippen LogP contribution in [-0.4, -0.2) is 19.7 Å². The molecule has 0 atom stereocenters. The van der Waals surface area contributed by atoms with E-state index in [1.807, 2.05) is 13.0 Å². The molecular weight excluding hydrogens is 268 g/mol. The van der Waals surface area contributed by atoms with Crippen LogP contribution < -0.4 is 10.1 Å². The lowest BCUT2D eigenvalue weighted by atomic mass is 10.2. The normalized spacial score (nSPS) is 9.75. The summed E-state index contributed by atoms with van der Waals surface area (Å²) in [6.07, 6.45) is 0. The van der Waals surface area contributed by atoms with E-state index in [0.29, 0.717) is 16.7 Å². The summed E-state index contributed by atoms with van der Waals surface area (Å²) >= 11 is 11.9. The van der Waals surface area contributed by atoms with Crippen LogP contribution in [0.15, 0.2) is 12.1 Å². The van der Waals surface area contributed by atoms with E-state index in [0.717, 1.165) is 24.4 Å². The lowest BCUT2D eigenvalue weighted by molar-refractivity contribution is 0.313. The lowest BCUT2D eigenvalue weighted by Crippen LogP contribution is -2.20. The molecule has 16 heavy (non-hydrogen) atoms. The van der Waals surface area contributed by atoms with Crippen LogP contribution in [0.1, 0.15) is 12.5 Å². The minimum atomic E-state index is 0. The molecule has 0 bridgehead atoms. The summed E-state index contributed by atoms with van der Waals surface area (Å²) < 4.78 is 5.57. The summed E-state index contributed by atoms with van der Waals surface area (Å²) in [4.78, 5) is 0. The molecule has 2 nitrogen and oxygen atoms in total. The minimum absolute atomic E-state index is 0. The summed E-state index contributed by atoms with van der Waals surface area (Å²) in [6, 6.07) is 3.54. The molecule has 0 aromatic heterocycles. The number of aryl methyl sites for hydroxylation is 1. The average molecular weight is 285 g/mol. The van der Waals surface area contributed by atoms with Gasteiger partial charge in [0.05, 0.1) is 5.02 Å². The fraction of sp³-hybridized carbons (Fsp3) is 0.455. The average Bonchev–Trinajstić information content (AvgIpc) is 2.15. The van der Waals surface area contributed by atoms with Crippen LogP contribution in [0.5, 0.6) is 5.75 Å². The van der Waals surface area contributed by atoms with Gasteiger partial charge in [-0.3, -0.25) is 0 Å². The molecule has 0 aliphatic heterocycles. The number of halogens is 3. The fourth-order valence-electron chi connectivity index (χ4n) is 1.27. The molecule has 1 aromatic carbocycles. The maximum Gasteiger partial charge on any atom is 0.140 e. The van der Waals surface area contributed by atoms with Crippen LogP contribution in [0.3, 0.4) is 0 Å². The Morgan fingerprint density at radius 2 is 2.00 bits per heavy atom. The van der Waals surface area contributed by atoms with E-state index < -0.39 is 0 Å². The molecule has 92 valence electrons. The molecule has 0 saturated heterocycles. The number of nitrogens with one attached hydrogen (secondary N) is 1. The van der Waals surface area contributed by atoms with Crippen LogP contribution in [0, 0.1) is 6.92 Å². The zero-order valence-electron chi connectivity index (χ0n) is 9.35. The highest BCUT2D eigenvalue weighted by molar-refractivity contribution is 6.35. The fourth-order valence-corrected chi connectivity index (χ4v) is 1.92. The van der Waals surface area contributed by atoms with Gasteiger partial charge in [-0.05, 0) is 31.2 Å². The Balaban J connectivity index is 0.00000225. The Hall–Kier alpha value is -0.150. The van der Waals surface area contributed by atoms with Crippen LogP contribution >= 0.6 is 35.6 Å². The summed E-state index contributed by atoms with van der Waals surface area (Å²) in [7, 11) is 0. The first-order valence-corrected chi connectivity index (χ1v) is 5.70. The van der Waals surface area contributed by atoms with E-state index in [4.69, 9.17) is 27.9 Å². The number of benzene rings is 1. The smallest absolute Gasteiger partial charge is 0.140 e. The van der Waals surface area contributed by atoms with Crippen molar-refractivity contribution in [2.75, 3.05) is 19.7 Å². The second-order valence-corrected chi connectivity index (χ2v) is 4.08. The van der Waals surface area contributed by atoms with Crippen LogP contribution in [0.4, 0.5) is 0 Å². The predicted molar refractivity (Wildman–Crippen MR) is 72.5 cm³/mol. The van der Waals surface area contributed by atoms with Crippen molar-refractivity contribution in [3.05, 3.63) is 27.7 Å². The molecule has 0 aliphatic rings. The van der Waals surface area contributed by atoms with Gasteiger partial charge in [0.1, 0.15) is 12.4 Å². The van der Waals surface area contributed by atoms with Gasteiger partial charge in [0.2, 0.25) is 0 Å². The number of ether oxygens (including phenoxy) is 1. The van der Waals surface area contributed by atoms with Crippen LogP contribution in [0.25, 0.3) is 0 Å². The number of rotatable bonds is 5. The number of hydrogen-bond donors (Lipinski definition) is 1. The van der Waals surface area contributed by atoms with E-state index in [1.54, 1.807) is 6.07 Å². The van der Waals surface area contributed by atoms with Gasteiger partial charge < -0.3 is 10.1 Å². The van der Waals surface area contributed by atoms with Gasteiger partial charge in [-0.15, -0.1) is 12.4 Å². The Morgan fingerprint density at radius 3 is 2.56 bits per heavy atom. The Morgan fingerprint density at radius 1 is 1.31 bits per heavy atom. The van der Waals surface area contributed by atoms with E-state index in [-0.39, 0.29) is 12.4 Å². The van der Waals surface area contributed by atoms with Gasteiger partial charge >= 0.3 is 0 Å². The van der Waals surface area contributed by atoms with E-state index >= 15 is 0 Å². The molecule has 1 N–H and O–H groups in total. The first-order valence-electron chi connectivity index (χ1n) is 4.94. The third kappa shape index (κ3) is 4.79. The standard InChI is InChI=1S/C11H15Cl2NO.ClH/c1-3-14-4-5-15-11-8(2)6-9(12)7-10(11)13;/h6-7,14H,3-5H2,1-2H3;1H. The van der Waals surface area contributed by atoms with Gasteiger partial charge in [-0.2, -0.15) is 0 Å². The molecule has 1 rings (SSSR count). The number of hydrogen-bond acceptors (Lipinski definition) is 2. The van der Waals surface area contributed by atoms with Crippen LogP contribution in [-0.2, 0) is 0 Å². The molecule has 0 aliphatic carbocycles. The Kier molecular flexibility index (Phi) is 7.94. The van der Waals surface area contributed by atoms with Crippen molar-refractivity contribution in [1.29, 1.82) is 0 Å². The van der Waals surface area contributed by atoms with Crippen molar-refractivity contribution in [3.63, 3.8) is 0 Å². The second-order valence-electron chi connectivity index (χ2n) is 3.24. The van der Waals surface area contributed by atoms with Gasteiger partial charge in [0.25, 0.3) is 0 Å². The van der Waals surface area contributed by atoms with Crippen molar-refractivity contribution >= 4 is 35.6 Å². The SMILES string of the molecule is CCNCCOc1c(C)cc(Cl)cc1Cl.Cl. The highest BCUT2D eigenvalue weighted by atomic mass is 35.5. The van der Waals surface area contributed by atoms with Crippen LogP contribution in [0.2, 0.25) is 10.0 Å². The third-order valence-corrected chi connectivity index (χ3v) is 2.47. The highest BCUT2D eigenvalue weighted by Gasteiger charge is 2.06. The van der Waals surface area contributed by atoms with Crippen molar-refractivity contribution in [2.45, 2.75) is 13.8 Å². The quantitative estimate of drug-likeness (QED) is 0.832. The molecule has 0 unspecified atom stereocenters. The largest absolute Gasteiger partial charge is 0.490 e. The maximum atomic E-state index is 6.02. The first kappa shape index (κ1) is 15.9.